The largest absolute Gasteiger partial charge is 0.467 e. The number of carbonyl (C=O) groups is 2. The van der Waals surface area contributed by atoms with E-state index >= 15 is 0 Å². The molecule has 0 saturated heterocycles. The summed E-state index contributed by atoms with van der Waals surface area (Å²) in [5.74, 6) is -0.295. The maximum Gasteiger partial charge on any atom is 0.348 e. The number of benzene rings is 1. The van der Waals surface area contributed by atoms with Crippen LogP contribution in [0.3, 0.4) is 0 Å². The summed E-state index contributed by atoms with van der Waals surface area (Å²) in [5, 5.41) is 9.73. The van der Waals surface area contributed by atoms with Crippen molar-refractivity contribution in [3.8, 4) is 6.07 Å². The van der Waals surface area contributed by atoms with Crippen molar-refractivity contribution in [1.82, 2.24) is 4.90 Å². The number of esters is 1. The van der Waals surface area contributed by atoms with Crippen LogP contribution in [0.2, 0.25) is 0 Å². The zero-order valence-corrected chi connectivity index (χ0v) is 14.7. The fourth-order valence-electron chi connectivity index (χ4n) is 2.44. The first-order valence-corrected chi connectivity index (χ1v) is 8.82. The Bertz CT molecular complexity index is 907. The molecule has 0 N–H and O–H groups in total. The summed E-state index contributed by atoms with van der Waals surface area (Å²) in [6.45, 7) is 0.101. The molecule has 0 radical (unpaired) electrons. The number of amides is 1. The van der Waals surface area contributed by atoms with Crippen LogP contribution in [0.5, 0.6) is 0 Å². The summed E-state index contributed by atoms with van der Waals surface area (Å²) in [5.41, 5.74) is 0. The molecule has 0 spiro atoms. The Hall–Kier alpha value is -3.11. The quantitative estimate of drug-likeness (QED) is 0.595. The molecule has 0 aliphatic carbocycles. The summed E-state index contributed by atoms with van der Waals surface area (Å²) in [7, 11) is 0. The molecule has 0 atom stereocenters. The first kappa shape index (κ1) is 17.7. The highest BCUT2D eigenvalue weighted by molar-refractivity contribution is 7.20. The van der Waals surface area contributed by atoms with Crippen molar-refractivity contribution in [3.05, 3.63) is 59.4 Å². The third-order valence-corrected chi connectivity index (χ3v) is 4.82. The van der Waals surface area contributed by atoms with E-state index in [1.165, 1.54) is 22.5 Å². The molecular formula is C19H16N2O4S. The zero-order chi connectivity index (χ0) is 18.4. The molecule has 2 aromatic heterocycles. The van der Waals surface area contributed by atoms with Gasteiger partial charge in [-0.3, -0.25) is 4.79 Å². The van der Waals surface area contributed by atoms with Crippen LogP contribution < -0.4 is 0 Å². The molecule has 2 heterocycles. The van der Waals surface area contributed by atoms with E-state index in [4.69, 9.17) is 14.4 Å². The number of furan rings is 1. The number of carbonyl (C=O) groups excluding carboxylic acids is 2. The maximum absolute atomic E-state index is 12.4. The summed E-state index contributed by atoms with van der Waals surface area (Å²) in [4.78, 5) is 26.5. The molecule has 0 unspecified atom stereocenters. The van der Waals surface area contributed by atoms with Crippen molar-refractivity contribution >= 4 is 33.3 Å². The molecule has 26 heavy (non-hydrogen) atoms. The Labute approximate surface area is 154 Å². The lowest BCUT2D eigenvalue weighted by molar-refractivity contribution is -0.135. The average Bonchev–Trinajstić information content (AvgIpc) is 3.32. The first-order valence-electron chi connectivity index (χ1n) is 8.00. The van der Waals surface area contributed by atoms with Crippen LogP contribution in [0.25, 0.3) is 10.1 Å². The summed E-state index contributed by atoms with van der Waals surface area (Å²) in [6, 6.07) is 14.9. The Balaban J connectivity index is 1.61. The number of nitrogens with zero attached hydrogens (tertiary/aromatic N) is 2. The smallest absolute Gasteiger partial charge is 0.348 e. The van der Waals surface area contributed by atoms with Gasteiger partial charge in [0.25, 0.3) is 5.91 Å². The van der Waals surface area contributed by atoms with Crippen LogP contribution in [0.4, 0.5) is 0 Å². The minimum Gasteiger partial charge on any atom is -0.467 e. The standard InChI is InChI=1S/C19H16N2O4S/c20-8-4-9-21(12-15-6-3-10-24-15)18(22)13-25-19(23)17-11-14-5-1-2-7-16(14)26-17/h1-3,5-7,10-11H,4,9,12-13H2. The third kappa shape index (κ3) is 4.29. The Kier molecular flexibility index (Phi) is 5.66. The molecule has 0 fully saturated rings. The second-order valence-corrected chi connectivity index (χ2v) is 6.61. The van der Waals surface area contributed by atoms with Gasteiger partial charge in [0.15, 0.2) is 6.61 Å². The highest BCUT2D eigenvalue weighted by Gasteiger charge is 2.19. The van der Waals surface area contributed by atoms with Crippen molar-refractivity contribution < 1.29 is 18.7 Å². The van der Waals surface area contributed by atoms with E-state index in [9.17, 15) is 9.59 Å². The second kappa shape index (κ2) is 8.32. The Morgan fingerprint density at radius 2 is 2.08 bits per heavy atom. The molecule has 6 nitrogen and oxygen atoms in total. The Morgan fingerprint density at radius 1 is 1.23 bits per heavy atom. The number of fused-ring (bicyclic) bond motifs is 1. The monoisotopic (exact) mass is 368 g/mol. The van der Waals surface area contributed by atoms with E-state index in [0.29, 0.717) is 10.6 Å². The highest BCUT2D eigenvalue weighted by Crippen LogP contribution is 2.25. The highest BCUT2D eigenvalue weighted by atomic mass is 32.1. The van der Waals surface area contributed by atoms with Gasteiger partial charge in [0.1, 0.15) is 10.6 Å². The number of hydrogen-bond donors (Lipinski definition) is 0. The van der Waals surface area contributed by atoms with Gasteiger partial charge in [-0.2, -0.15) is 5.26 Å². The molecule has 3 rings (SSSR count). The van der Waals surface area contributed by atoms with Gasteiger partial charge in [0.2, 0.25) is 0 Å². The zero-order valence-electron chi connectivity index (χ0n) is 13.9. The first-order chi connectivity index (χ1) is 12.7. The van der Waals surface area contributed by atoms with Crippen LogP contribution in [0.1, 0.15) is 21.9 Å². The van der Waals surface area contributed by atoms with Crippen LogP contribution in [0.15, 0.2) is 53.1 Å². The minimum atomic E-state index is -0.530. The van der Waals surface area contributed by atoms with Crippen molar-refractivity contribution in [2.75, 3.05) is 13.2 Å². The van der Waals surface area contributed by atoms with E-state index in [1.807, 2.05) is 30.3 Å². The third-order valence-electron chi connectivity index (χ3n) is 3.73. The van der Waals surface area contributed by atoms with Crippen LogP contribution >= 0.6 is 11.3 Å². The fraction of sp³-hybridized carbons (Fsp3) is 0.211. The van der Waals surface area contributed by atoms with E-state index in [0.717, 1.165) is 10.1 Å². The van der Waals surface area contributed by atoms with Crippen LogP contribution in [-0.2, 0) is 16.1 Å². The predicted molar refractivity (Wildman–Crippen MR) is 96.5 cm³/mol. The molecule has 1 amide bonds. The summed E-state index contributed by atoms with van der Waals surface area (Å²) in [6.07, 6.45) is 1.71. The molecule has 0 bridgehead atoms. The molecule has 132 valence electrons. The van der Waals surface area contributed by atoms with E-state index < -0.39 is 5.97 Å². The van der Waals surface area contributed by atoms with E-state index in [1.54, 1.807) is 18.2 Å². The van der Waals surface area contributed by atoms with Gasteiger partial charge in [-0.25, -0.2) is 4.79 Å². The molecule has 0 saturated carbocycles. The molecule has 0 aliphatic rings. The normalized spacial score (nSPS) is 10.4. The number of rotatable bonds is 7. The van der Waals surface area contributed by atoms with Crippen LogP contribution in [0, 0.1) is 11.3 Å². The maximum atomic E-state index is 12.4. The van der Waals surface area contributed by atoms with Crippen molar-refractivity contribution in [3.63, 3.8) is 0 Å². The molecule has 3 aromatic rings. The Morgan fingerprint density at radius 3 is 2.81 bits per heavy atom. The minimum absolute atomic E-state index is 0.191. The second-order valence-electron chi connectivity index (χ2n) is 5.53. The topological polar surface area (TPSA) is 83.5 Å². The lowest BCUT2D eigenvalue weighted by atomic mass is 10.2. The van der Waals surface area contributed by atoms with E-state index in [2.05, 4.69) is 0 Å². The van der Waals surface area contributed by atoms with Crippen molar-refractivity contribution in [1.29, 1.82) is 5.26 Å². The summed E-state index contributed by atoms with van der Waals surface area (Å²) < 4.78 is 11.4. The number of thiophene rings is 1. The molecule has 7 heteroatoms. The van der Waals surface area contributed by atoms with Gasteiger partial charge >= 0.3 is 5.97 Å². The fourth-order valence-corrected chi connectivity index (χ4v) is 3.40. The molecular weight excluding hydrogens is 352 g/mol. The number of nitriles is 1. The van der Waals surface area contributed by atoms with Gasteiger partial charge in [0, 0.05) is 11.2 Å². The number of ether oxygens (including phenoxy) is 1. The molecule has 0 aliphatic heterocycles. The predicted octanol–water partition coefficient (Wildman–Crippen LogP) is 3.59. The lowest BCUT2D eigenvalue weighted by Gasteiger charge is -2.20. The van der Waals surface area contributed by atoms with Gasteiger partial charge in [-0.15, -0.1) is 11.3 Å². The van der Waals surface area contributed by atoms with Crippen molar-refractivity contribution in [2.45, 2.75) is 13.0 Å². The lowest BCUT2D eigenvalue weighted by Crippen LogP contribution is -2.34. The van der Waals surface area contributed by atoms with Gasteiger partial charge in [-0.05, 0) is 29.7 Å². The summed E-state index contributed by atoms with van der Waals surface area (Å²) >= 11 is 1.33. The SMILES string of the molecule is N#CCCN(Cc1ccco1)C(=O)COC(=O)c1cc2ccccc2s1. The van der Waals surface area contributed by atoms with Crippen molar-refractivity contribution in [2.24, 2.45) is 0 Å². The van der Waals surface area contributed by atoms with E-state index in [-0.39, 0.29) is 32.0 Å². The van der Waals surface area contributed by atoms with Crippen LogP contribution in [-0.4, -0.2) is 29.9 Å². The average molecular weight is 368 g/mol. The van der Waals surface area contributed by atoms with Gasteiger partial charge in [0.05, 0.1) is 25.3 Å². The number of hydrogen-bond acceptors (Lipinski definition) is 6. The molecule has 1 aromatic carbocycles. The van der Waals surface area contributed by atoms with Gasteiger partial charge in [-0.1, -0.05) is 18.2 Å². The van der Waals surface area contributed by atoms with Gasteiger partial charge < -0.3 is 14.1 Å².